The number of hydrogen-bond donors (Lipinski definition) is 0. The highest BCUT2D eigenvalue weighted by Gasteiger charge is 2.31. The summed E-state index contributed by atoms with van der Waals surface area (Å²) in [6.45, 7) is 0.697. The number of nitrogens with zero attached hydrogens (tertiary/aromatic N) is 3. The maximum atomic E-state index is 14.4. The zero-order chi connectivity index (χ0) is 20.4. The van der Waals surface area contributed by atoms with Gasteiger partial charge in [0.2, 0.25) is 5.58 Å². The highest BCUT2D eigenvalue weighted by atomic mass is 19.4. The van der Waals surface area contributed by atoms with Crippen LogP contribution in [-0.4, -0.2) is 27.9 Å². The summed E-state index contributed by atoms with van der Waals surface area (Å²) < 4.78 is 67.4. The Morgan fingerprint density at radius 3 is 2.55 bits per heavy atom. The topological polar surface area (TPSA) is 62.3 Å². The van der Waals surface area contributed by atoms with Gasteiger partial charge in [-0.15, -0.1) is 13.2 Å². The standard InChI is InChI=1S/C19H13F4N3O3/c20-16-11-13(12-2-4-14(5-3-12)28-19(21,22)23)10-15-17(16)29-25-18(15)27-9-8-26-7-1-6-24-26/h1-7,10-11H,8-9H2. The molecule has 0 N–H and O–H groups in total. The molecule has 0 saturated carbocycles. The van der Waals surface area contributed by atoms with Crippen LogP contribution < -0.4 is 9.47 Å². The molecule has 0 bridgehead atoms. The first kappa shape index (κ1) is 18.8. The lowest BCUT2D eigenvalue weighted by Gasteiger charge is -2.09. The molecule has 0 saturated heterocycles. The van der Waals surface area contributed by atoms with Gasteiger partial charge in [0.25, 0.3) is 5.88 Å². The van der Waals surface area contributed by atoms with Crippen LogP contribution >= 0.6 is 0 Å². The SMILES string of the molecule is Fc1cc(-c2ccc(OC(F)(F)F)cc2)cc2c(OCCn3cccn3)noc12. The van der Waals surface area contributed by atoms with E-state index in [9.17, 15) is 17.6 Å². The Kier molecular flexibility index (Phi) is 4.83. The number of rotatable bonds is 6. The van der Waals surface area contributed by atoms with E-state index in [1.807, 2.05) is 0 Å². The van der Waals surface area contributed by atoms with E-state index < -0.39 is 12.2 Å². The van der Waals surface area contributed by atoms with Crippen molar-refractivity contribution in [2.24, 2.45) is 0 Å². The van der Waals surface area contributed by atoms with Crippen molar-refractivity contribution in [2.45, 2.75) is 12.9 Å². The average molecular weight is 407 g/mol. The van der Waals surface area contributed by atoms with Gasteiger partial charge in [0.1, 0.15) is 12.4 Å². The molecule has 4 aromatic rings. The van der Waals surface area contributed by atoms with Crippen molar-refractivity contribution in [3.63, 3.8) is 0 Å². The van der Waals surface area contributed by atoms with Crippen molar-refractivity contribution < 1.29 is 31.6 Å². The van der Waals surface area contributed by atoms with E-state index in [0.29, 0.717) is 23.1 Å². The molecule has 4 rings (SSSR count). The van der Waals surface area contributed by atoms with Crippen LogP contribution in [-0.2, 0) is 6.54 Å². The van der Waals surface area contributed by atoms with Crippen LogP contribution in [0.4, 0.5) is 17.6 Å². The molecule has 0 fully saturated rings. The van der Waals surface area contributed by atoms with Gasteiger partial charge in [-0.1, -0.05) is 12.1 Å². The first-order valence-corrected chi connectivity index (χ1v) is 8.44. The van der Waals surface area contributed by atoms with Crippen molar-refractivity contribution in [3.05, 3.63) is 60.7 Å². The highest BCUT2D eigenvalue weighted by Crippen LogP contribution is 2.33. The van der Waals surface area contributed by atoms with Gasteiger partial charge >= 0.3 is 6.36 Å². The summed E-state index contributed by atoms with van der Waals surface area (Å²) in [5.74, 6) is -0.914. The summed E-state index contributed by atoms with van der Waals surface area (Å²) in [5, 5.41) is 8.11. The summed E-state index contributed by atoms with van der Waals surface area (Å²) in [4.78, 5) is 0. The van der Waals surface area contributed by atoms with Gasteiger partial charge in [0.05, 0.1) is 11.9 Å². The number of halogens is 4. The molecule has 0 aliphatic rings. The first-order chi connectivity index (χ1) is 13.9. The lowest BCUT2D eigenvalue weighted by Crippen LogP contribution is -2.16. The van der Waals surface area contributed by atoms with E-state index in [1.54, 1.807) is 29.2 Å². The van der Waals surface area contributed by atoms with Crippen molar-refractivity contribution in [1.29, 1.82) is 0 Å². The van der Waals surface area contributed by atoms with Crippen molar-refractivity contribution in [1.82, 2.24) is 14.9 Å². The Hall–Kier alpha value is -3.56. The minimum Gasteiger partial charge on any atom is -0.473 e. The fourth-order valence-electron chi connectivity index (χ4n) is 2.77. The minimum absolute atomic E-state index is 0.0696. The van der Waals surface area contributed by atoms with Crippen LogP contribution in [0.2, 0.25) is 0 Å². The van der Waals surface area contributed by atoms with Gasteiger partial charge in [-0.05, 0) is 46.6 Å². The maximum Gasteiger partial charge on any atom is 0.573 e. The number of benzene rings is 2. The molecule has 0 unspecified atom stereocenters. The third-order valence-electron chi connectivity index (χ3n) is 4.03. The van der Waals surface area contributed by atoms with E-state index in [-0.39, 0.29) is 23.8 Å². The Bertz CT molecular complexity index is 1110. The molecule has 2 heterocycles. The maximum absolute atomic E-state index is 14.4. The zero-order valence-corrected chi connectivity index (χ0v) is 14.7. The fourth-order valence-corrected chi connectivity index (χ4v) is 2.77. The number of aromatic nitrogens is 3. The predicted molar refractivity (Wildman–Crippen MR) is 93.8 cm³/mol. The molecular formula is C19H13F4N3O3. The van der Waals surface area contributed by atoms with Crippen molar-refractivity contribution in [3.8, 4) is 22.8 Å². The molecule has 0 aliphatic carbocycles. The van der Waals surface area contributed by atoms with Crippen LogP contribution in [0.25, 0.3) is 22.1 Å². The molecule has 10 heteroatoms. The summed E-state index contributed by atoms with van der Waals surface area (Å²) in [7, 11) is 0. The van der Waals surface area contributed by atoms with Crippen LogP contribution in [0.5, 0.6) is 11.6 Å². The van der Waals surface area contributed by atoms with E-state index in [1.165, 1.54) is 18.2 Å². The normalized spacial score (nSPS) is 11.7. The van der Waals surface area contributed by atoms with Gasteiger partial charge in [0.15, 0.2) is 5.82 Å². The molecule has 0 radical (unpaired) electrons. The largest absolute Gasteiger partial charge is 0.573 e. The number of fused-ring (bicyclic) bond motifs is 1. The van der Waals surface area contributed by atoms with Gasteiger partial charge in [0, 0.05) is 12.4 Å². The van der Waals surface area contributed by atoms with Gasteiger partial charge in [-0.3, -0.25) is 4.68 Å². The van der Waals surface area contributed by atoms with E-state index in [4.69, 9.17) is 9.26 Å². The Balaban J connectivity index is 1.57. The summed E-state index contributed by atoms with van der Waals surface area (Å²) in [6, 6.07) is 9.68. The molecule has 0 spiro atoms. The lowest BCUT2D eigenvalue weighted by atomic mass is 10.0. The third kappa shape index (κ3) is 4.31. The Morgan fingerprint density at radius 2 is 1.86 bits per heavy atom. The Labute approximate surface area is 161 Å². The average Bonchev–Trinajstić information content (AvgIpc) is 3.32. The van der Waals surface area contributed by atoms with Gasteiger partial charge in [-0.2, -0.15) is 5.10 Å². The number of ether oxygens (including phenoxy) is 2. The number of hydrogen-bond acceptors (Lipinski definition) is 5. The van der Waals surface area contributed by atoms with Crippen LogP contribution in [0.15, 0.2) is 59.4 Å². The second-order valence-corrected chi connectivity index (χ2v) is 6.01. The molecule has 2 aromatic carbocycles. The molecule has 0 atom stereocenters. The third-order valence-corrected chi connectivity index (χ3v) is 4.03. The van der Waals surface area contributed by atoms with Crippen molar-refractivity contribution in [2.75, 3.05) is 6.61 Å². The molecule has 2 aromatic heterocycles. The predicted octanol–water partition coefficient (Wildman–Crippen LogP) is 4.81. The van der Waals surface area contributed by atoms with E-state index >= 15 is 0 Å². The van der Waals surface area contributed by atoms with Crippen LogP contribution in [0, 0.1) is 5.82 Å². The van der Waals surface area contributed by atoms with E-state index in [0.717, 1.165) is 12.1 Å². The van der Waals surface area contributed by atoms with Crippen LogP contribution in [0.1, 0.15) is 0 Å². The number of alkyl halides is 3. The lowest BCUT2D eigenvalue weighted by molar-refractivity contribution is -0.274. The minimum atomic E-state index is -4.78. The Morgan fingerprint density at radius 1 is 1.07 bits per heavy atom. The zero-order valence-electron chi connectivity index (χ0n) is 14.7. The molecule has 0 aliphatic heterocycles. The van der Waals surface area contributed by atoms with E-state index in [2.05, 4.69) is 15.0 Å². The van der Waals surface area contributed by atoms with Gasteiger partial charge < -0.3 is 14.0 Å². The molecule has 6 nitrogen and oxygen atoms in total. The highest BCUT2D eigenvalue weighted by molar-refractivity contribution is 5.87. The van der Waals surface area contributed by atoms with Crippen molar-refractivity contribution >= 4 is 11.0 Å². The monoisotopic (exact) mass is 407 g/mol. The second-order valence-electron chi connectivity index (χ2n) is 6.01. The second kappa shape index (κ2) is 7.46. The fraction of sp³-hybridized carbons (Fsp3) is 0.158. The molecule has 0 amide bonds. The molecule has 150 valence electrons. The van der Waals surface area contributed by atoms with Gasteiger partial charge in [-0.25, -0.2) is 4.39 Å². The molecular weight excluding hydrogens is 394 g/mol. The smallest absolute Gasteiger partial charge is 0.473 e. The van der Waals surface area contributed by atoms with Crippen LogP contribution in [0.3, 0.4) is 0 Å². The summed E-state index contributed by atoms with van der Waals surface area (Å²) in [6.07, 6.45) is -1.37. The summed E-state index contributed by atoms with van der Waals surface area (Å²) in [5.41, 5.74) is 0.845. The molecule has 29 heavy (non-hydrogen) atoms. The quantitative estimate of drug-likeness (QED) is 0.430. The summed E-state index contributed by atoms with van der Waals surface area (Å²) >= 11 is 0. The first-order valence-electron chi connectivity index (χ1n) is 8.44.